The molecule has 0 saturated carbocycles. The van der Waals surface area contributed by atoms with Gasteiger partial charge >= 0.3 is 17.1 Å². The third-order valence-corrected chi connectivity index (χ3v) is 0.655. The number of carboxylic acid groups (broad SMARTS) is 2. The third kappa shape index (κ3) is 39.8. The fourth-order valence-electron chi connectivity index (χ4n) is 0. The minimum absolute atomic E-state index is 0. The van der Waals surface area contributed by atoms with Gasteiger partial charge in [0.1, 0.15) is 0 Å². The maximum Gasteiger partial charge on any atom is 2.00 e. The van der Waals surface area contributed by atoms with Crippen LogP contribution in [-0.4, -0.2) is 23.7 Å². The molecule has 0 bridgehead atoms. The summed E-state index contributed by atoms with van der Waals surface area (Å²) in [6.07, 6.45) is 0. The van der Waals surface area contributed by atoms with Gasteiger partial charge in [-0.25, -0.2) is 0 Å². The van der Waals surface area contributed by atoms with Crippen LogP contribution in [0.25, 0.3) is 0 Å². The van der Waals surface area contributed by atoms with Gasteiger partial charge in [-0.1, -0.05) is 0 Å². The molecule has 0 aromatic rings. The summed E-state index contributed by atoms with van der Waals surface area (Å²) in [6.45, 7) is 0. The molecule has 0 aliphatic carbocycles. The van der Waals surface area contributed by atoms with Gasteiger partial charge < -0.3 is 19.8 Å². The molecule has 0 unspecified atom stereocenters. The normalized spacial score (nSPS) is 6.73. The largest absolute Gasteiger partial charge is 2.00 e. The van der Waals surface area contributed by atoms with Gasteiger partial charge in [0, 0.05) is 0 Å². The van der Waals surface area contributed by atoms with Crippen LogP contribution in [0.2, 0.25) is 0 Å². The SMILES string of the molecule is O=C([O-])CCl.O=C([O-])CCl.[Fe+2]. The zero-order valence-electron chi connectivity index (χ0n) is 5.16. The molecule has 0 N–H and O–H groups in total. The average Bonchev–Trinajstić information content (AvgIpc) is 1.89. The van der Waals surface area contributed by atoms with Crippen molar-refractivity contribution in [3.8, 4) is 0 Å². The molecule has 66 valence electrons. The molecule has 0 aromatic carbocycles. The smallest absolute Gasteiger partial charge is 0.549 e. The Morgan fingerprint density at radius 3 is 1.09 bits per heavy atom. The van der Waals surface area contributed by atoms with Crippen molar-refractivity contribution in [2.75, 3.05) is 11.8 Å². The van der Waals surface area contributed by atoms with Crippen molar-refractivity contribution in [3.63, 3.8) is 0 Å². The van der Waals surface area contributed by atoms with Crippen molar-refractivity contribution in [1.82, 2.24) is 0 Å². The van der Waals surface area contributed by atoms with Crippen LogP contribution < -0.4 is 10.2 Å². The molecule has 0 fully saturated rings. The van der Waals surface area contributed by atoms with Crippen molar-refractivity contribution < 1.29 is 36.9 Å². The van der Waals surface area contributed by atoms with E-state index in [9.17, 15) is 0 Å². The number of hydrogen-bond acceptors (Lipinski definition) is 4. The van der Waals surface area contributed by atoms with Gasteiger partial charge in [0.15, 0.2) is 0 Å². The van der Waals surface area contributed by atoms with Crippen molar-refractivity contribution in [2.45, 2.75) is 0 Å². The van der Waals surface area contributed by atoms with Crippen LogP contribution in [0.1, 0.15) is 0 Å². The number of carbonyl (C=O) groups is 2. The standard InChI is InChI=1S/2C2H3ClO2.Fe/c2*3-1-2(4)5;/h2*1H2,(H,4,5);/q;;+2/p-2. The molecule has 0 aliphatic heterocycles. The Bertz CT molecular complexity index is 105. The number of rotatable bonds is 2. The van der Waals surface area contributed by atoms with E-state index in [1.807, 2.05) is 0 Å². The van der Waals surface area contributed by atoms with Crippen molar-refractivity contribution >= 4 is 35.1 Å². The first kappa shape index (κ1) is 17.2. The van der Waals surface area contributed by atoms with Gasteiger partial charge in [0.2, 0.25) is 0 Å². The maximum atomic E-state index is 9.12. The first-order valence-electron chi connectivity index (χ1n) is 2.06. The monoisotopic (exact) mass is 242 g/mol. The number of alkyl halides is 2. The van der Waals surface area contributed by atoms with Gasteiger partial charge in [-0.15, -0.1) is 23.2 Å². The first-order chi connectivity index (χ1) is 4.54. The van der Waals surface area contributed by atoms with E-state index in [4.69, 9.17) is 19.8 Å². The van der Waals surface area contributed by atoms with Crippen LogP contribution in [-0.2, 0) is 26.7 Å². The summed E-state index contributed by atoms with van der Waals surface area (Å²) < 4.78 is 0. The summed E-state index contributed by atoms with van der Waals surface area (Å²) in [4.78, 5) is 18.2. The molecule has 0 atom stereocenters. The minimum atomic E-state index is -1.23. The molecule has 4 nitrogen and oxygen atoms in total. The molecule has 0 saturated heterocycles. The van der Waals surface area contributed by atoms with Crippen LogP contribution in [0.4, 0.5) is 0 Å². The van der Waals surface area contributed by atoms with Crippen LogP contribution >= 0.6 is 23.2 Å². The zero-order valence-corrected chi connectivity index (χ0v) is 7.77. The van der Waals surface area contributed by atoms with Gasteiger partial charge in [-0.05, 0) is 0 Å². The molecule has 0 rings (SSSR count). The molecule has 0 radical (unpaired) electrons. The molecule has 0 aromatic heterocycles. The van der Waals surface area contributed by atoms with Crippen LogP contribution in [0, 0.1) is 0 Å². The second kappa shape index (κ2) is 12.7. The molecule has 0 amide bonds. The van der Waals surface area contributed by atoms with Crippen molar-refractivity contribution in [1.29, 1.82) is 0 Å². The van der Waals surface area contributed by atoms with Gasteiger partial charge in [-0.2, -0.15) is 0 Å². The summed E-state index contributed by atoms with van der Waals surface area (Å²) in [6, 6.07) is 0. The van der Waals surface area contributed by atoms with E-state index in [1.54, 1.807) is 0 Å². The second-order valence-corrected chi connectivity index (χ2v) is 1.55. The van der Waals surface area contributed by atoms with Crippen LogP contribution in [0.15, 0.2) is 0 Å². The Morgan fingerprint density at radius 2 is 1.09 bits per heavy atom. The predicted molar refractivity (Wildman–Crippen MR) is 31.5 cm³/mol. The van der Waals surface area contributed by atoms with Crippen LogP contribution in [0.3, 0.4) is 0 Å². The number of halogens is 2. The van der Waals surface area contributed by atoms with E-state index in [1.165, 1.54) is 0 Å². The quantitative estimate of drug-likeness (QED) is 0.412. The van der Waals surface area contributed by atoms with Gasteiger partial charge in [0.25, 0.3) is 0 Å². The fraction of sp³-hybridized carbons (Fsp3) is 0.500. The Hall–Kier alpha value is 0.0395. The summed E-state index contributed by atoms with van der Waals surface area (Å²) in [7, 11) is 0. The average molecular weight is 243 g/mol. The topological polar surface area (TPSA) is 80.3 Å². The fourth-order valence-corrected chi connectivity index (χ4v) is 0. The minimum Gasteiger partial charge on any atom is -0.549 e. The molecular formula is C4H4Cl2FeO4. The molecule has 0 spiro atoms. The van der Waals surface area contributed by atoms with E-state index in [-0.39, 0.29) is 17.1 Å². The summed E-state index contributed by atoms with van der Waals surface area (Å²) in [5.41, 5.74) is 0. The molecule has 0 aliphatic rings. The van der Waals surface area contributed by atoms with Crippen molar-refractivity contribution in [2.24, 2.45) is 0 Å². The second-order valence-electron chi connectivity index (χ2n) is 1.01. The summed E-state index contributed by atoms with van der Waals surface area (Å²) >= 11 is 9.35. The zero-order chi connectivity index (χ0) is 8.57. The van der Waals surface area contributed by atoms with E-state index >= 15 is 0 Å². The Labute approximate surface area is 84.0 Å². The number of hydrogen-bond donors (Lipinski definition) is 0. The van der Waals surface area contributed by atoms with E-state index in [0.717, 1.165) is 0 Å². The predicted octanol–water partition coefficient (Wildman–Crippen LogP) is -2.05. The van der Waals surface area contributed by atoms with Gasteiger partial charge in [-0.3, -0.25) is 0 Å². The third-order valence-electron chi connectivity index (χ3n) is 0.218. The molecular weight excluding hydrogens is 239 g/mol. The maximum absolute atomic E-state index is 9.12. The Morgan fingerprint density at radius 1 is 1.00 bits per heavy atom. The Kier molecular flexibility index (Phi) is 19.9. The molecule has 0 heterocycles. The number of carbonyl (C=O) groups excluding carboxylic acids is 2. The number of carboxylic acids is 2. The molecule has 11 heavy (non-hydrogen) atoms. The number of aliphatic carboxylic acids is 2. The van der Waals surface area contributed by atoms with Crippen LogP contribution in [0.5, 0.6) is 0 Å². The van der Waals surface area contributed by atoms with E-state index < -0.39 is 23.7 Å². The summed E-state index contributed by atoms with van der Waals surface area (Å²) in [5.74, 6) is -3.29. The van der Waals surface area contributed by atoms with E-state index in [0.29, 0.717) is 0 Å². The first-order valence-corrected chi connectivity index (χ1v) is 3.13. The van der Waals surface area contributed by atoms with Crippen molar-refractivity contribution in [3.05, 3.63) is 0 Å². The van der Waals surface area contributed by atoms with Gasteiger partial charge in [0.05, 0.1) is 23.7 Å². The molecule has 7 heteroatoms. The summed E-state index contributed by atoms with van der Waals surface area (Å²) in [5, 5.41) is 18.2. The Balaban J connectivity index is -0.000000107. The van der Waals surface area contributed by atoms with E-state index in [2.05, 4.69) is 23.2 Å².